The van der Waals surface area contributed by atoms with E-state index in [-0.39, 0.29) is 5.91 Å². The van der Waals surface area contributed by atoms with Gasteiger partial charge in [-0.3, -0.25) is 9.89 Å². The number of hydrogen-bond acceptors (Lipinski definition) is 4. The van der Waals surface area contributed by atoms with Crippen LogP contribution in [0.2, 0.25) is 0 Å². The fraction of sp³-hybridized carbons (Fsp3) is 0.421. The predicted molar refractivity (Wildman–Crippen MR) is 100 cm³/mol. The van der Waals surface area contributed by atoms with Crippen molar-refractivity contribution in [1.29, 1.82) is 0 Å². The topological polar surface area (TPSA) is 73.4 Å². The number of rotatable bonds is 6. The highest BCUT2D eigenvalue weighted by Crippen LogP contribution is 2.22. The lowest BCUT2D eigenvalue weighted by Crippen LogP contribution is -2.21. The highest BCUT2D eigenvalue weighted by atomic mass is 16.2. The number of H-pyrrole nitrogens is 1. The summed E-state index contributed by atoms with van der Waals surface area (Å²) in [6.45, 7) is 6.24. The van der Waals surface area contributed by atoms with Crippen LogP contribution in [-0.2, 0) is 12.8 Å². The third-order valence-corrected chi connectivity index (χ3v) is 4.67. The normalized spacial score (nSPS) is 13.7. The summed E-state index contributed by atoms with van der Waals surface area (Å²) in [6.07, 6.45) is 5.79. The number of benzene rings is 1. The van der Waals surface area contributed by atoms with E-state index in [9.17, 15) is 4.79 Å². The fourth-order valence-electron chi connectivity index (χ4n) is 3.25. The SMILES string of the molecule is CCN(CC)c1ccc(/C=N\NC(=O)c2n[nH]c3c2CCCC3)cc1. The van der Waals surface area contributed by atoms with Crippen molar-refractivity contribution in [2.75, 3.05) is 18.0 Å². The van der Waals surface area contributed by atoms with E-state index in [0.717, 1.165) is 55.6 Å². The van der Waals surface area contributed by atoms with Gasteiger partial charge < -0.3 is 4.90 Å². The Morgan fingerprint density at radius 3 is 2.68 bits per heavy atom. The lowest BCUT2D eigenvalue weighted by molar-refractivity contribution is 0.0949. The van der Waals surface area contributed by atoms with Gasteiger partial charge in [-0.25, -0.2) is 5.43 Å². The molecule has 1 amide bonds. The molecule has 3 rings (SSSR count). The average Bonchev–Trinajstić information content (AvgIpc) is 3.08. The first-order chi connectivity index (χ1) is 12.2. The predicted octanol–water partition coefficient (Wildman–Crippen LogP) is 2.90. The molecule has 1 heterocycles. The quantitative estimate of drug-likeness (QED) is 0.628. The maximum absolute atomic E-state index is 12.3. The van der Waals surface area contributed by atoms with Gasteiger partial charge in [0.05, 0.1) is 6.21 Å². The van der Waals surface area contributed by atoms with Gasteiger partial charge in [0.1, 0.15) is 0 Å². The number of aromatic amines is 1. The molecule has 1 aliphatic rings. The Hall–Kier alpha value is -2.63. The first-order valence-electron chi connectivity index (χ1n) is 8.97. The number of aryl methyl sites for hydroxylation is 1. The van der Waals surface area contributed by atoms with Crippen molar-refractivity contribution in [3.63, 3.8) is 0 Å². The molecule has 0 fully saturated rings. The van der Waals surface area contributed by atoms with E-state index >= 15 is 0 Å². The third-order valence-electron chi connectivity index (χ3n) is 4.67. The summed E-state index contributed by atoms with van der Waals surface area (Å²) in [7, 11) is 0. The Balaban J connectivity index is 1.61. The molecule has 0 unspecified atom stereocenters. The molecule has 0 spiro atoms. The molecule has 2 aromatic rings. The van der Waals surface area contributed by atoms with E-state index < -0.39 is 0 Å². The molecule has 25 heavy (non-hydrogen) atoms. The largest absolute Gasteiger partial charge is 0.372 e. The van der Waals surface area contributed by atoms with Crippen molar-refractivity contribution in [2.24, 2.45) is 5.10 Å². The second-order valence-electron chi connectivity index (χ2n) is 6.20. The van der Waals surface area contributed by atoms with E-state index in [1.807, 2.05) is 12.1 Å². The van der Waals surface area contributed by atoms with Crippen LogP contribution in [-0.4, -0.2) is 35.4 Å². The lowest BCUT2D eigenvalue weighted by atomic mass is 9.96. The van der Waals surface area contributed by atoms with Crippen LogP contribution in [0, 0.1) is 0 Å². The molecule has 0 radical (unpaired) electrons. The molecule has 132 valence electrons. The molecule has 0 aliphatic heterocycles. The van der Waals surface area contributed by atoms with Gasteiger partial charge in [0.2, 0.25) is 0 Å². The number of nitrogens with one attached hydrogen (secondary N) is 2. The van der Waals surface area contributed by atoms with Crippen LogP contribution in [0.1, 0.15) is 54.0 Å². The number of anilines is 1. The van der Waals surface area contributed by atoms with E-state index in [4.69, 9.17) is 0 Å². The van der Waals surface area contributed by atoms with Gasteiger partial charge in [-0.05, 0) is 57.2 Å². The highest BCUT2D eigenvalue weighted by molar-refractivity contribution is 5.94. The standard InChI is InChI=1S/C19H25N5O/c1-3-24(4-2)15-11-9-14(10-12-15)13-20-23-19(25)18-16-7-5-6-8-17(16)21-22-18/h9-13H,3-8H2,1-2H3,(H,21,22)(H,23,25)/b20-13-. The molecule has 6 heteroatoms. The van der Waals surface area contributed by atoms with Crippen molar-refractivity contribution < 1.29 is 4.79 Å². The van der Waals surface area contributed by atoms with Gasteiger partial charge in [0.15, 0.2) is 5.69 Å². The number of aromatic nitrogens is 2. The number of nitrogens with zero attached hydrogens (tertiary/aromatic N) is 3. The maximum Gasteiger partial charge on any atom is 0.292 e. The van der Waals surface area contributed by atoms with E-state index in [0.29, 0.717) is 5.69 Å². The van der Waals surface area contributed by atoms with Gasteiger partial charge in [0, 0.05) is 30.0 Å². The minimum atomic E-state index is -0.254. The fourth-order valence-corrected chi connectivity index (χ4v) is 3.25. The number of carbonyl (C=O) groups excluding carboxylic acids is 1. The van der Waals surface area contributed by atoms with Gasteiger partial charge in [-0.2, -0.15) is 10.2 Å². The monoisotopic (exact) mass is 339 g/mol. The number of hydrazone groups is 1. The van der Waals surface area contributed by atoms with Crippen LogP contribution >= 0.6 is 0 Å². The number of carbonyl (C=O) groups is 1. The van der Waals surface area contributed by atoms with Crippen molar-refractivity contribution in [3.8, 4) is 0 Å². The molecule has 1 aliphatic carbocycles. The van der Waals surface area contributed by atoms with Crippen molar-refractivity contribution in [1.82, 2.24) is 15.6 Å². The summed E-state index contributed by atoms with van der Waals surface area (Å²) >= 11 is 0. The molecule has 2 N–H and O–H groups in total. The number of fused-ring (bicyclic) bond motifs is 1. The van der Waals surface area contributed by atoms with Gasteiger partial charge in [-0.15, -0.1) is 0 Å². The van der Waals surface area contributed by atoms with Crippen molar-refractivity contribution in [3.05, 3.63) is 46.8 Å². The highest BCUT2D eigenvalue weighted by Gasteiger charge is 2.21. The Kier molecular flexibility index (Phi) is 5.48. The zero-order valence-electron chi connectivity index (χ0n) is 14.9. The molecule has 1 aromatic heterocycles. The summed E-state index contributed by atoms with van der Waals surface area (Å²) in [5.74, 6) is -0.254. The second kappa shape index (κ2) is 7.96. The molecule has 0 saturated carbocycles. The Labute approximate surface area is 148 Å². The maximum atomic E-state index is 12.3. The van der Waals surface area contributed by atoms with Crippen LogP contribution in [0.4, 0.5) is 5.69 Å². The first kappa shape index (κ1) is 17.2. The van der Waals surface area contributed by atoms with E-state index in [1.165, 1.54) is 5.69 Å². The minimum Gasteiger partial charge on any atom is -0.372 e. The molecular weight excluding hydrogens is 314 g/mol. The smallest absolute Gasteiger partial charge is 0.292 e. The Bertz CT molecular complexity index is 744. The lowest BCUT2D eigenvalue weighted by Gasteiger charge is -2.20. The molecule has 0 bridgehead atoms. The minimum absolute atomic E-state index is 0.254. The summed E-state index contributed by atoms with van der Waals surface area (Å²) < 4.78 is 0. The van der Waals surface area contributed by atoms with Crippen molar-refractivity contribution >= 4 is 17.8 Å². The van der Waals surface area contributed by atoms with Crippen LogP contribution < -0.4 is 10.3 Å². The van der Waals surface area contributed by atoms with Gasteiger partial charge in [-0.1, -0.05) is 12.1 Å². The van der Waals surface area contributed by atoms with Gasteiger partial charge in [0.25, 0.3) is 5.91 Å². The van der Waals surface area contributed by atoms with Crippen LogP contribution in [0.25, 0.3) is 0 Å². The number of hydrogen-bond donors (Lipinski definition) is 2. The van der Waals surface area contributed by atoms with Crippen LogP contribution in [0.15, 0.2) is 29.4 Å². The Morgan fingerprint density at radius 1 is 1.24 bits per heavy atom. The average molecular weight is 339 g/mol. The van der Waals surface area contributed by atoms with E-state index in [2.05, 4.69) is 51.6 Å². The summed E-state index contributed by atoms with van der Waals surface area (Å²) in [5, 5.41) is 11.2. The zero-order valence-corrected chi connectivity index (χ0v) is 14.9. The van der Waals surface area contributed by atoms with Gasteiger partial charge >= 0.3 is 0 Å². The zero-order chi connectivity index (χ0) is 17.6. The van der Waals surface area contributed by atoms with Crippen LogP contribution in [0.5, 0.6) is 0 Å². The first-order valence-corrected chi connectivity index (χ1v) is 8.97. The molecule has 1 aromatic carbocycles. The molecular formula is C19H25N5O. The third kappa shape index (κ3) is 3.90. The second-order valence-corrected chi connectivity index (χ2v) is 6.20. The van der Waals surface area contributed by atoms with E-state index in [1.54, 1.807) is 6.21 Å². The molecule has 0 atom stereocenters. The molecule has 6 nitrogen and oxygen atoms in total. The van der Waals surface area contributed by atoms with Crippen LogP contribution in [0.3, 0.4) is 0 Å². The number of amides is 1. The van der Waals surface area contributed by atoms with Crippen molar-refractivity contribution in [2.45, 2.75) is 39.5 Å². The summed E-state index contributed by atoms with van der Waals surface area (Å²) in [5.41, 5.74) is 7.32. The summed E-state index contributed by atoms with van der Waals surface area (Å²) in [6, 6.07) is 8.14. The Morgan fingerprint density at radius 2 is 1.96 bits per heavy atom. The molecule has 0 saturated heterocycles. The summed E-state index contributed by atoms with van der Waals surface area (Å²) in [4.78, 5) is 14.6.